The summed E-state index contributed by atoms with van der Waals surface area (Å²) in [5, 5.41) is 14.5. The molecule has 0 radical (unpaired) electrons. The Kier molecular flexibility index (Phi) is 11.6. The maximum Gasteiger partial charge on any atom is 0.326 e. The van der Waals surface area contributed by atoms with Crippen LogP contribution in [0.3, 0.4) is 0 Å². The van der Waals surface area contributed by atoms with Crippen LogP contribution in [0.2, 0.25) is 0 Å². The van der Waals surface area contributed by atoms with E-state index in [1.807, 2.05) is 38.1 Å². The molecular formula is C21H31Cl2N3O4. The van der Waals surface area contributed by atoms with Gasteiger partial charge in [0.25, 0.3) is 0 Å². The molecule has 0 heterocycles. The van der Waals surface area contributed by atoms with E-state index in [1.165, 1.54) is 6.92 Å². The van der Waals surface area contributed by atoms with Crippen molar-refractivity contribution in [2.45, 2.75) is 45.7 Å². The Morgan fingerprint density at radius 2 is 1.57 bits per heavy atom. The lowest BCUT2D eigenvalue weighted by Gasteiger charge is -2.24. The van der Waals surface area contributed by atoms with Gasteiger partial charge in [0.05, 0.1) is 0 Å². The van der Waals surface area contributed by atoms with E-state index in [2.05, 4.69) is 15.5 Å². The smallest absolute Gasteiger partial charge is 0.326 e. The van der Waals surface area contributed by atoms with Gasteiger partial charge in [0.15, 0.2) is 0 Å². The number of carboxylic acid groups (broad SMARTS) is 1. The van der Waals surface area contributed by atoms with Gasteiger partial charge in [0, 0.05) is 43.9 Å². The van der Waals surface area contributed by atoms with Gasteiger partial charge in [-0.25, -0.2) is 4.79 Å². The largest absolute Gasteiger partial charge is 0.480 e. The molecule has 0 saturated heterocycles. The van der Waals surface area contributed by atoms with Gasteiger partial charge in [0.1, 0.15) is 12.1 Å². The molecule has 2 amide bonds. The van der Waals surface area contributed by atoms with Crippen LogP contribution in [0.15, 0.2) is 24.3 Å². The summed E-state index contributed by atoms with van der Waals surface area (Å²) < 4.78 is 0. The Morgan fingerprint density at radius 1 is 1.00 bits per heavy atom. The van der Waals surface area contributed by atoms with Crippen LogP contribution in [-0.2, 0) is 20.8 Å². The lowest BCUT2D eigenvalue weighted by Crippen LogP contribution is -2.52. The van der Waals surface area contributed by atoms with Crippen molar-refractivity contribution in [2.75, 3.05) is 29.7 Å². The molecule has 0 aromatic heterocycles. The molecule has 0 aliphatic heterocycles. The van der Waals surface area contributed by atoms with Crippen LogP contribution in [0, 0.1) is 5.92 Å². The standard InChI is InChI=1S/C21H31Cl2N3O4/c1-14(2)12-19(21(29)30)25-20(28)18(24-15(3)27)13-16-4-6-17(7-5-16)26(10-8-22)11-9-23/h4-7,14,18-19H,8-13H2,1-3H3,(H,24,27)(H,25,28)(H,29,30)/t18-,19+/m1/s1. The average molecular weight is 460 g/mol. The van der Waals surface area contributed by atoms with Gasteiger partial charge >= 0.3 is 5.97 Å². The topological polar surface area (TPSA) is 98.7 Å². The minimum absolute atomic E-state index is 0.0991. The number of carbonyl (C=O) groups excluding carboxylic acids is 2. The monoisotopic (exact) mass is 459 g/mol. The van der Waals surface area contributed by atoms with Gasteiger partial charge in [0.2, 0.25) is 11.8 Å². The predicted molar refractivity (Wildman–Crippen MR) is 120 cm³/mol. The first kappa shape index (κ1) is 26.0. The van der Waals surface area contributed by atoms with Crippen molar-refractivity contribution in [1.82, 2.24) is 10.6 Å². The zero-order valence-corrected chi connectivity index (χ0v) is 19.2. The third kappa shape index (κ3) is 9.22. The minimum atomic E-state index is -1.10. The highest BCUT2D eigenvalue weighted by molar-refractivity contribution is 6.18. The van der Waals surface area contributed by atoms with E-state index in [-0.39, 0.29) is 18.2 Å². The Balaban J connectivity index is 2.92. The Bertz CT molecular complexity index is 692. The zero-order valence-electron chi connectivity index (χ0n) is 17.7. The van der Waals surface area contributed by atoms with Gasteiger partial charge < -0.3 is 20.6 Å². The van der Waals surface area contributed by atoms with Crippen LogP contribution in [0.25, 0.3) is 0 Å². The fraction of sp³-hybridized carbons (Fsp3) is 0.571. The number of halogens is 2. The van der Waals surface area contributed by atoms with E-state index < -0.39 is 24.0 Å². The van der Waals surface area contributed by atoms with Crippen LogP contribution in [0.4, 0.5) is 5.69 Å². The number of hydrogen-bond donors (Lipinski definition) is 3. The molecule has 9 heteroatoms. The molecule has 2 atom stereocenters. The predicted octanol–water partition coefficient (Wildman–Crippen LogP) is 2.63. The van der Waals surface area contributed by atoms with Crippen molar-refractivity contribution in [2.24, 2.45) is 5.92 Å². The molecule has 1 rings (SSSR count). The number of aliphatic carboxylic acids is 1. The number of nitrogens with one attached hydrogen (secondary N) is 2. The molecule has 3 N–H and O–H groups in total. The Labute approximate surface area is 188 Å². The van der Waals surface area contributed by atoms with Crippen molar-refractivity contribution in [3.8, 4) is 0 Å². The summed E-state index contributed by atoms with van der Waals surface area (Å²) >= 11 is 11.7. The molecule has 0 aliphatic carbocycles. The quantitative estimate of drug-likeness (QED) is 0.393. The number of alkyl halides is 2. The molecule has 0 aliphatic rings. The van der Waals surface area contributed by atoms with Crippen LogP contribution in [0.1, 0.15) is 32.8 Å². The average Bonchev–Trinajstić information content (AvgIpc) is 2.66. The van der Waals surface area contributed by atoms with Crippen molar-refractivity contribution in [3.63, 3.8) is 0 Å². The SMILES string of the molecule is CC(=O)N[C@H](Cc1ccc(N(CCCl)CCCl)cc1)C(=O)N[C@@H](CC(C)C)C(=O)O. The number of anilines is 1. The molecule has 0 fully saturated rings. The van der Waals surface area contributed by atoms with Crippen molar-refractivity contribution >= 4 is 46.7 Å². The van der Waals surface area contributed by atoms with Gasteiger partial charge in [-0.15, -0.1) is 23.2 Å². The maximum absolute atomic E-state index is 12.7. The second-order valence-electron chi connectivity index (χ2n) is 7.52. The van der Waals surface area contributed by atoms with Gasteiger partial charge in [-0.3, -0.25) is 9.59 Å². The number of hydrogen-bond acceptors (Lipinski definition) is 4. The maximum atomic E-state index is 12.7. The highest BCUT2D eigenvalue weighted by Crippen LogP contribution is 2.17. The molecule has 0 unspecified atom stereocenters. The Hall–Kier alpha value is -1.99. The number of benzene rings is 1. The fourth-order valence-electron chi connectivity index (χ4n) is 3.07. The number of amides is 2. The number of carboxylic acids is 1. The summed E-state index contributed by atoms with van der Waals surface area (Å²) in [6.07, 6.45) is 0.546. The molecule has 30 heavy (non-hydrogen) atoms. The fourth-order valence-corrected chi connectivity index (χ4v) is 3.48. The lowest BCUT2D eigenvalue weighted by atomic mass is 10.0. The second kappa shape index (κ2) is 13.3. The van der Waals surface area contributed by atoms with E-state index >= 15 is 0 Å². The van der Waals surface area contributed by atoms with E-state index in [1.54, 1.807) is 0 Å². The first-order chi connectivity index (χ1) is 14.2. The molecule has 1 aromatic rings. The summed E-state index contributed by atoms with van der Waals surface area (Å²) in [7, 11) is 0. The molecule has 0 bridgehead atoms. The molecule has 0 spiro atoms. The summed E-state index contributed by atoms with van der Waals surface area (Å²) in [4.78, 5) is 37.8. The molecular weight excluding hydrogens is 429 g/mol. The van der Waals surface area contributed by atoms with Gasteiger partial charge in [-0.2, -0.15) is 0 Å². The van der Waals surface area contributed by atoms with Crippen LogP contribution in [-0.4, -0.2) is 59.8 Å². The highest BCUT2D eigenvalue weighted by Gasteiger charge is 2.26. The van der Waals surface area contributed by atoms with E-state index in [0.29, 0.717) is 31.3 Å². The lowest BCUT2D eigenvalue weighted by molar-refractivity contribution is -0.142. The van der Waals surface area contributed by atoms with E-state index in [4.69, 9.17) is 23.2 Å². The molecule has 7 nitrogen and oxygen atoms in total. The Morgan fingerprint density at radius 3 is 2.00 bits per heavy atom. The van der Waals surface area contributed by atoms with Crippen LogP contribution >= 0.6 is 23.2 Å². The van der Waals surface area contributed by atoms with Crippen molar-refractivity contribution in [1.29, 1.82) is 0 Å². The molecule has 1 aromatic carbocycles. The summed E-state index contributed by atoms with van der Waals surface area (Å²) in [5.74, 6) is -0.926. The third-order valence-corrected chi connectivity index (χ3v) is 4.80. The number of rotatable bonds is 13. The third-order valence-electron chi connectivity index (χ3n) is 4.47. The first-order valence-electron chi connectivity index (χ1n) is 9.94. The van der Waals surface area contributed by atoms with Gasteiger partial charge in [-0.05, 0) is 30.0 Å². The highest BCUT2D eigenvalue weighted by atomic mass is 35.5. The number of carbonyl (C=O) groups is 3. The van der Waals surface area contributed by atoms with Gasteiger partial charge in [-0.1, -0.05) is 26.0 Å². The summed E-state index contributed by atoms with van der Waals surface area (Å²) in [6.45, 7) is 6.41. The van der Waals surface area contributed by atoms with Crippen LogP contribution in [0.5, 0.6) is 0 Å². The summed E-state index contributed by atoms with van der Waals surface area (Å²) in [5.41, 5.74) is 1.79. The van der Waals surface area contributed by atoms with E-state index in [9.17, 15) is 19.5 Å². The normalized spacial score (nSPS) is 12.9. The van der Waals surface area contributed by atoms with Crippen LogP contribution < -0.4 is 15.5 Å². The molecule has 168 valence electrons. The van der Waals surface area contributed by atoms with Crippen molar-refractivity contribution in [3.05, 3.63) is 29.8 Å². The second-order valence-corrected chi connectivity index (χ2v) is 8.27. The minimum Gasteiger partial charge on any atom is -0.480 e. The first-order valence-corrected chi connectivity index (χ1v) is 11.0. The zero-order chi connectivity index (χ0) is 22.7. The van der Waals surface area contributed by atoms with E-state index in [0.717, 1.165) is 11.3 Å². The molecule has 0 saturated carbocycles. The van der Waals surface area contributed by atoms with Crippen molar-refractivity contribution < 1.29 is 19.5 Å². The summed E-state index contributed by atoms with van der Waals surface area (Å²) in [6, 6.07) is 5.69. The number of nitrogens with zero attached hydrogens (tertiary/aromatic N) is 1.